The van der Waals surface area contributed by atoms with Gasteiger partial charge in [0.05, 0.1) is 13.7 Å². The maximum atomic E-state index is 5.78. The number of nitrogens with zero attached hydrogens (tertiary/aromatic N) is 5. The highest BCUT2D eigenvalue weighted by atomic mass is 16.5. The standard InChI is InChI=1S/C20H28N6O2/c1-3-21-19(24-10-15-28-18-7-4-6-17(16-18)27-2)25-11-13-26(14-12-25)20-22-8-5-9-23-20/h4-9,16H,3,10-15H2,1-2H3,(H,21,24). The molecule has 0 bridgehead atoms. The first-order chi connectivity index (χ1) is 13.8. The number of aliphatic imine (C=N–C) groups is 1. The Morgan fingerprint density at radius 3 is 2.57 bits per heavy atom. The van der Waals surface area contributed by atoms with Crippen molar-refractivity contribution in [2.24, 2.45) is 4.99 Å². The summed E-state index contributed by atoms with van der Waals surface area (Å²) in [5, 5.41) is 3.37. The maximum Gasteiger partial charge on any atom is 0.225 e. The van der Waals surface area contributed by atoms with Crippen LogP contribution in [0.2, 0.25) is 0 Å². The molecule has 0 spiro atoms. The van der Waals surface area contributed by atoms with Crippen LogP contribution in [0.15, 0.2) is 47.7 Å². The van der Waals surface area contributed by atoms with Crippen LogP contribution in [-0.2, 0) is 0 Å². The molecule has 1 saturated heterocycles. The van der Waals surface area contributed by atoms with Crippen LogP contribution in [-0.4, -0.2) is 73.8 Å². The SMILES string of the molecule is CCNC(=NCCOc1cccc(OC)c1)N1CCN(c2ncccn2)CC1. The molecule has 0 atom stereocenters. The zero-order valence-corrected chi connectivity index (χ0v) is 16.5. The summed E-state index contributed by atoms with van der Waals surface area (Å²) in [6, 6.07) is 9.44. The molecule has 1 aromatic heterocycles. The van der Waals surface area contributed by atoms with Crippen LogP contribution in [0.5, 0.6) is 11.5 Å². The van der Waals surface area contributed by atoms with Crippen molar-refractivity contribution >= 4 is 11.9 Å². The maximum absolute atomic E-state index is 5.78. The molecule has 2 aromatic rings. The first-order valence-corrected chi connectivity index (χ1v) is 9.62. The van der Waals surface area contributed by atoms with E-state index in [1.807, 2.05) is 30.3 Å². The molecule has 28 heavy (non-hydrogen) atoms. The van der Waals surface area contributed by atoms with E-state index in [-0.39, 0.29) is 0 Å². The molecule has 1 aliphatic rings. The molecule has 1 N–H and O–H groups in total. The molecular weight excluding hydrogens is 356 g/mol. The molecule has 0 radical (unpaired) electrons. The quantitative estimate of drug-likeness (QED) is 0.442. The fourth-order valence-corrected chi connectivity index (χ4v) is 3.00. The van der Waals surface area contributed by atoms with E-state index in [0.717, 1.165) is 56.1 Å². The second-order valence-electron chi connectivity index (χ2n) is 6.29. The van der Waals surface area contributed by atoms with Crippen molar-refractivity contribution in [2.45, 2.75) is 6.92 Å². The fourth-order valence-electron chi connectivity index (χ4n) is 3.00. The molecule has 0 amide bonds. The van der Waals surface area contributed by atoms with E-state index in [9.17, 15) is 0 Å². The Labute approximate surface area is 166 Å². The van der Waals surface area contributed by atoms with Gasteiger partial charge in [-0.25, -0.2) is 15.0 Å². The van der Waals surface area contributed by atoms with E-state index < -0.39 is 0 Å². The van der Waals surface area contributed by atoms with Gasteiger partial charge in [-0.15, -0.1) is 0 Å². The van der Waals surface area contributed by atoms with Crippen molar-refractivity contribution in [1.82, 2.24) is 20.2 Å². The van der Waals surface area contributed by atoms with Crippen LogP contribution < -0.4 is 19.7 Å². The Balaban J connectivity index is 1.50. The molecule has 150 valence electrons. The molecule has 0 unspecified atom stereocenters. The number of hydrogen-bond acceptors (Lipinski definition) is 6. The molecule has 8 nitrogen and oxygen atoms in total. The smallest absolute Gasteiger partial charge is 0.225 e. The van der Waals surface area contributed by atoms with E-state index in [1.165, 1.54) is 0 Å². The lowest BCUT2D eigenvalue weighted by atomic mass is 10.3. The van der Waals surface area contributed by atoms with E-state index in [1.54, 1.807) is 19.5 Å². The molecule has 1 aliphatic heterocycles. The highest BCUT2D eigenvalue weighted by Crippen LogP contribution is 2.18. The summed E-state index contributed by atoms with van der Waals surface area (Å²) < 4.78 is 11.0. The number of guanidine groups is 1. The first-order valence-electron chi connectivity index (χ1n) is 9.62. The van der Waals surface area contributed by atoms with E-state index in [2.05, 4.69) is 32.0 Å². The van der Waals surface area contributed by atoms with Crippen LogP contribution in [0, 0.1) is 0 Å². The lowest BCUT2D eigenvalue weighted by Crippen LogP contribution is -2.53. The molecule has 0 aliphatic carbocycles. The van der Waals surface area contributed by atoms with Crippen molar-refractivity contribution in [3.05, 3.63) is 42.7 Å². The minimum absolute atomic E-state index is 0.514. The van der Waals surface area contributed by atoms with Crippen LogP contribution in [0.3, 0.4) is 0 Å². The van der Waals surface area contributed by atoms with Gasteiger partial charge in [0, 0.05) is 51.2 Å². The van der Waals surface area contributed by atoms with Gasteiger partial charge in [0.25, 0.3) is 0 Å². The summed E-state index contributed by atoms with van der Waals surface area (Å²) in [7, 11) is 1.65. The van der Waals surface area contributed by atoms with Gasteiger partial charge in [-0.2, -0.15) is 0 Å². The Bertz CT molecular complexity index is 747. The van der Waals surface area contributed by atoms with E-state index >= 15 is 0 Å². The third-order valence-corrected chi connectivity index (χ3v) is 4.41. The Kier molecular flexibility index (Phi) is 7.29. The minimum Gasteiger partial charge on any atom is -0.497 e. The molecule has 2 heterocycles. The number of anilines is 1. The number of hydrogen-bond donors (Lipinski definition) is 1. The number of piperazine rings is 1. The predicted octanol–water partition coefficient (Wildman–Crippen LogP) is 1.65. The van der Waals surface area contributed by atoms with Crippen molar-refractivity contribution in [3.8, 4) is 11.5 Å². The second kappa shape index (κ2) is 10.3. The van der Waals surface area contributed by atoms with Crippen LogP contribution in [0.4, 0.5) is 5.95 Å². The zero-order chi connectivity index (χ0) is 19.6. The largest absolute Gasteiger partial charge is 0.497 e. The van der Waals surface area contributed by atoms with Gasteiger partial charge in [0.15, 0.2) is 5.96 Å². The Morgan fingerprint density at radius 2 is 1.86 bits per heavy atom. The average Bonchev–Trinajstić information content (AvgIpc) is 2.77. The number of aromatic nitrogens is 2. The van der Waals surface area contributed by atoms with Crippen molar-refractivity contribution in [1.29, 1.82) is 0 Å². The second-order valence-corrected chi connectivity index (χ2v) is 6.29. The van der Waals surface area contributed by atoms with Crippen molar-refractivity contribution < 1.29 is 9.47 Å². The Hall–Kier alpha value is -3.03. The number of ether oxygens (including phenoxy) is 2. The van der Waals surface area contributed by atoms with Gasteiger partial charge in [-0.1, -0.05) is 6.07 Å². The predicted molar refractivity (Wildman–Crippen MR) is 110 cm³/mol. The summed E-state index contributed by atoms with van der Waals surface area (Å²) >= 11 is 0. The van der Waals surface area contributed by atoms with Gasteiger partial charge >= 0.3 is 0 Å². The van der Waals surface area contributed by atoms with Crippen molar-refractivity contribution in [3.63, 3.8) is 0 Å². The third kappa shape index (κ3) is 5.48. The fraction of sp³-hybridized carbons (Fsp3) is 0.450. The molecule has 3 rings (SSSR count). The highest BCUT2D eigenvalue weighted by molar-refractivity contribution is 5.80. The zero-order valence-electron chi connectivity index (χ0n) is 16.5. The number of rotatable bonds is 7. The highest BCUT2D eigenvalue weighted by Gasteiger charge is 2.20. The summed E-state index contributed by atoms with van der Waals surface area (Å²) in [5.74, 6) is 3.28. The summed E-state index contributed by atoms with van der Waals surface area (Å²) in [6.45, 7) is 7.50. The van der Waals surface area contributed by atoms with Gasteiger partial charge in [-0.3, -0.25) is 0 Å². The van der Waals surface area contributed by atoms with E-state index in [0.29, 0.717) is 13.2 Å². The average molecular weight is 384 g/mol. The topological polar surface area (TPSA) is 75.1 Å². The van der Waals surface area contributed by atoms with Gasteiger partial charge < -0.3 is 24.6 Å². The molecule has 1 aromatic carbocycles. The molecular formula is C20H28N6O2. The van der Waals surface area contributed by atoms with Crippen LogP contribution >= 0.6 is 0 Å². The lowest BCUT2D eigenvalue weighted by Gasteiger charge is -2.36. The summed E-state index contributed by atoms with van der Waals surface area (Å²) in [5.41, 5.74) is 0. The minimum atomic E-state index is 0.514. The van der Waals surface area contributed by atoms with Crippen molar-refractivity contribution in [2.75, 3.05) is 57.9 Å². The first kappa shape index (κ1) is 19.7. The monoisotopic (exact) mass is 384 g/mol. The summed E-state index contributed by atoms with van der Waals surface area (Å²) in [4.78, 5) is 17.9. The Morgan fingerprint density at radius 1 is 1.11 bits per heavy atom. The van der Waals surface area contributed by atoms with Gasteiger partial charge in [-0.05, 0) is 25.1 Å². The van der Waals surface area contributed by atoms with Crippen LogP contribution in [0.1, 0.15) is 6.92 Å². The normalized spacial score (nSPS) is 14.7. The van der Waals surface area contributed by atoms with Crippen LogP contribution in [0.25, 0.3) is 0 Å². The molecule has 8 heteroatoms. The third-order valence-electron chi connectivity index (χ3n) is 4.41. The number of methoxy groups -OCH3 is 1. The van der Waals surface area contributed by atoms with Gasteiger partial charge in [0.2, 0.25) is 5.95 Å². The molecule has 0 saturated carbocycles. The number of benzene rings is 1. The van der Waals surface area contributed by atoms with Gasteiger partial charge in [0.1, 0.15) is 18.1 Å². The number of nitrogens with one attached hydrogen (secondary N) is 1. The lowest BCUT2D eigenvalue weighted by molar-refractivity contribution is 0.322. The molecule has 1 fully saturated rings. The summed E-state index contributed by atoms with van der Waals surface area (Å²) in [6.07, 6.45) is 3.56. The van der Waals surface area contributed by atoms with E-state index in [4.69, 9.17) is 14.5 Å².